The van der Waals surface area contributed by atoms with Crippen LogP contribution in [0.4, 0.5) is 10.1 Å². The number of anilines is 1. The van der Waals surface area contributed by atoms with Crippen LogP contribution >= 0.6 is 23.1 Å². The van der Waals surface area contributed by atoms with E-state index >= 15 is 0 Å². The molecule has 0 spiro atoms. The lowest BCUT2D eigenvalue weighted by atomic mass is 9.97. The zero-order valence-corrected chi connectivity index (χ0v) is 17.3. The zero-order chi connectivity index (χ0) is 19.8. The van der Waals surface area contributed by atoms with Gasteiger partial charge in [0.25, 0.3) is 5.56 Å². The zero-order valence-electron chi connectivity index (χ0n) is 15.7. The molecule has 2 heterocycles. The van der Waals surface area contributed by atoms with E-state index in [9.17, 15) is 14.0 Å². The second kappa shape index (κ2) is 7.67. The first-order valence-corrected chi connectivity index (χ1v) is 10.9. The van der Waals surface area contributed by atoms with Gasteiger partial charge in [0.15, 0.2) is 5.16 Å². The average molecular weight is 418 g/mol. The minimum absolute atomic E-state index is 0.0482. The quantitative estimate of drug-likeness (QED) is 0.514. The van der Waals surface area contributed by atoms with Gasteiger partial charge >= 0.3 is 0 Å². The van der Waals surface area contributed by atoms with Crippen molar-refractivity contribution >= 4 is 44.9 Å². The van der Waals surface area contributed by atoms with Crippen molar-refractivity contribution < 1.29 is 9.18 Å². The van der Waals surface area contributed by atoms with Crippen LogP contribution in [0, 0.1) is 12.7 Å². The first kappa shape index (κ1) is 19.1. The van der Waals surface area contributed by atoms with E-state index in [4.69, 9.17) is 0 Å². The SMILES string of the molecule is Cc1ccc(NC(=O)CSc2nc3sc4c(c3c(=O)n2C)CCCC4)cc1F. The summed E-state index contributed by atoms with van der Waals surface area (Å²) >= 11 is 2.81. The molecule has 0 saturated carbocycles. The Kier molecular flexibility index (Phi) is 5.25. The van der Waals surface area contributed by atoms with Gasteiger partial charge in [-0.1, -0.05) is 17.8 Å². The molecule has 0 atom stereocenters. The van der Waals surface area contributed by atoms with Gasteiger partial charge in [-0.2, -0.15) is 0 Å². The molecular formula is C20H20FN3O2S2. The molecule has 0 radical (unpaired) electrons. The summed E-state index contributed by atoms with van der Waals surface area (Å²) in [7, 11) is 1.69. The maximum Gasteiger partial charge on any atom is 0.262 e. The monoisotopic (exact) mass is 417 g/mol. The molecule has 146 valence electrons. The third-order valence-corrected chi connectivity index (χ3v) is 7.16. The molecule has 0 saturated heterocycles. The Morgan fingerprint density at radius 1 is 1.36 bits per heavy atom. The van der Waals surface area contributed by atoms with Crippen LogP contribution in [0.15, 0.2) is 28.2 Å². The number of nitrogens with zero attached hydrogens (tertiary/aromatic N) is 2. The number of halogens is 1. The van der Waals surface area contributed by atoms with Crippen LogP contribution < -0.4 is 10.9 Å². The summed E-state index contributed by atoms with van der Waals surface area (Å²) in [5.74, 6) is -0.540. The summed E-state index contributed by atoms with van der Waals surface area (Å²) in [5, 5.41) is 3.94. The summed E-state index contributed by atoms with van der Waals surface area (Å²) in [5.41, 5.74) is 2.05. The highest BCUT2D eigenvalue weighted by atomic mass is 32.2. The normalized spacial score (nSPS) is 13.5. The number of amides is 1. The number of carbonyl (C=O) groups excluding carboxylic acids is 1. The molecule has 4 rings (SSSR count). The topological polar surface area (TPSA) is 64.0 Å². The second-order valence-corrected chi connectivity index (χ2v) is 8.98. The molecule has 5 nitrogen and oxygen atoms in total. The van der Waals surface area contributed by atoms with E-state index in [1.54, 1.807) is 37.4 Å². The lowest BCUT2D eigenvalue weighted by Crippen LogP contribution is -2.22. The van der Waals surface area contributed by atoms with Crippen LogP contribution in [-0.4, -0.2) is 21.2 Å². The van der Waals surface area contributed by atoms with Crippen molar-refractivity contribution in [2.24, 2.45) is 7.05 Å². The van der Waals surface area contributed by atoms with Gasteiger partial charge in [-0.15, -0.1) is 11.3 Å². The Morgan fingerprint density at radius 3 is 2.93 bits per heavy atom. The van der Waals surface area contributed by atoms with E-state index in [1.807, 2.05) is 0 Å². The number of thioether (sulfide) groups is 1. The number of fused-ring (bicyclic) bond motifs is 3. The fraction of sp³-hybridized carbons (Fsp3) is 0.350. The first-order valence-electron chi connectivity index (χ1n) is 9.14. The van der Waals surface area contributed by atoms with Crippen molar-refractivity contribution in [3.8, 4) is 0 Å². The molecule has 28 heavy (non-hydrogen) atoms. The van der Waals surface area contributed by atoms with Crippen molar-refractivity contribution in [2.45, 2.75) is 37.8 Å². The fourth-order valence-electron chi connectivity index (χ4n) is 3.39. The van der Waals surface area contributed by atoms with E-state index < -0.39 is 0 Å². The maximum atomic E-state index is 13.6. The molecular weight excluding hydrogens is 397 g/mol. The van der Waals surface area contributed by atoms with Crippen LogP contribution in [-0.2, 0) is 24.7 Å². The van der Waals surface area contributed by atoms with E-state index in [0.29, 0.717) is 16.4 Å². The van der Waals surface area contributed by atoms with Crippen LogP contribution in [0.2, 0.25) is 0 Å². The average Bonchev–Trinajstić information content (AvgIpc) is 3.05. The number of rotatable bonds is 4. The maximum absolute atomic E-state index is 13.6. The molecule has 1 aliphatic carbocycles. The van der Waals surface area contributed by atoms with E-state index in [1.165, 1.54) is 27.3 Å². The summed E-state index contributed by atoms with van der Waals surface area (Å²) in [6, 6.07) is 4.58. The summed E-state index contributed by atoms with van der Waals surface area (Å²) in [4.78, 5) is 31.8. The van der Waals surface area contributed by atoms with Crippen molar-refractivity contribution in [1.29, 1.82) is 0 Å². The van der Waals surface area contributed by atoms with Crippen molar-refractivity contribution in [1.82, 2.24) is 9.55 Å². The fourth-order valence-corrected chi connectivity index (χ4v) is 5.47. The predicted octanol–water partition coefficient (Wildman–Crippen LogP) is 4.05. The van der Waals surface area contributed by atoms with E-state index in [0.717, 1.165) is 41.5 Å². The van der Waals surface area contributed by atoms with Crippen LogP contribution in [0.3, 0.4) is 0 Å². The van der Waals surface area contributed by atoms with Crippen molar-refractivity contribution in [3.63, 3.8) is 0 Å². The second-order valence-electron chi connectivity index (χ2n) is 6.95. The Balaban J connectivity index is 1.53. The summed E-state index contributed by atoms with van der Waals surface area (Å²) < 4.78 is 15.1. The Hall–Kier alpha value is -2.19. The number of benzene rings is 1. The molecule has 2 aromatic heterocycles. The Morgan fingerprint density at radius 2 is 2.14 bits per heavy atom. The van der Waals surface area contributed by atoms with Gasteiger partial charge in [-0.25, -0.2) is 9.37 Å². The number of aryl methyl sites for hydroxylation is 3. The van der Waals surface area contributed by atoms with Crippen LogP contribution in [0.25, 0.3) is 10.2 Å². The highest BCUT2D eigenvalue weighted by molar-refractivity contribution is 7.99. The highest BCUT2D eigenvalue weighted by Gasteiger charge is 2.21. The molecule has 3 aromatic rings. The molecule has 0 bridgehead atoms. The van der Waals surface area contributed by atoms with Crippen molar-refractivity contribution in [2.75, 3.05) is 11.1 Å². The van der Waals surface area contributed by atoms with Gasteiger partial charge in [-0.05, 0) is 55.9 Å². The molecule has 1 aliphatic rings. The number of carbonyl (C=O) groups is 1. The largest absolute Gasteiger partial charge is 0.325 e. The van der Waals surface area contributed by atoms with Crippen molar-refractivity contribution in [3.05, 3.63) is 50.4 Å². The van der Waals surface area contributed by atoms with Gasteiger partial charge < -0.3 is 5.32 Å². The number of thiophene rings is 1. The van der Waals surface area contributed by atoms with Gasteiger partial charge in [0.05, 0.1) is 11.1 Å². The standard InChI is InChI=1S/C20H20FN3O2S2/c1-11-7-8-12(9-14(11)21)22-16(25)10-27-20-23-18-17(19(26)24(20)2)13-5-3-4-6-15(13)28-18/h7-9H,3-6,10H2,1-2H3,(H,22,25). The first-order chi connectivity index (χ1) is 13.4. The molecule has 8 heteroatoms. The molecule has 1 aromatic carbocycles. The van der Waals surface area contributed by atoms with Crippen LogP contribution in [0.5, 0.6) is 0 Å². The summed E-state index contributed by atoms with van der Waals surface area (Å²) in [6.45, 7) is 1.67. The molecule has 0 unspecified atom stereocenters. The minimum Gasteiger partial charge on any atom is -0.325 e. The van der Waals surface area contributed by atoms with E-state index in [-0.39, 0.29) is 23.0 Å². The number of nitrogens with one attached hydrogen (secondary N) is 1. The number of aromatic nitrogens is 2. The highest BCUT2D eigenvalue weighted by Crippen LogP contribution is 2.34. The lowest BCUT2D eigenvalue weighted by Gasteiger charge is -2.11. The molecule has 0 aliphatic heterocycles. The molecule has 1 N–H and O–H groups in total. The Labute approximate surface area is 170 Å². The van der Waals surface area contributed by atoms with E-state index in [2.05, 4.69) is 10.3 Å². The minimum atomic E-state index is -0.360. The van der Waals surface area contributed by atoms with Gasteiger partial charge in [0.1, 0.15) is 10.6 Å². The Bertz CT molecular complexity index is 1140. The predicted molar refractivity (Wildman–Crippen MR) is 112 cm³/mol. The smallest absolute Gasteiger partial charge is 0.262 e. The molecule has 0 fully saturated rings. The van der Waals surface area contributed by atoms with Gasteiger partial charge in [-0.3, -0.25) is 14.2 Å². The van der Waals surface area contributed by atoms with Gasteiger partial charge in [0, 0.05) is 17.6 Å². The lowest BCUT2D eigenvalue weighted by molar-refractivity contribution is -0.113. The summed E-state index contributed by atoms with van der Waals surface area (Å²) in [6.07, 6.45) is 4.21. The van der Waals surface area contributed by atoms with Gasteiger partial charge in [0.2, 0.25) is 5.91 Å². The number of hydrogen-bond acceptors (Lipinski definition) is 5. The number of hydrogen-bond donors (Lipinski definition) is 1. The van der Waals surface area contributed by atoms with Crippen LogP contribution in [0.1, 0.15) is 28.8 Å². The third-order valence-electron chi connectivity index (χ3n) is 4.94. The third kappa shape index (κ3) is 3.58. The molecule has 1 amide bonds.